The van der Waals surface area contributed by atoms with Crippen LogP contribution in [0.4, 0.5) is 0 Å². The maximum absolute atomic E-state index is 14.6. The normalized spacial score (nSPS) is 17.6. The summed E-state index contributed by atoms with van der Waals surface area (Å²) in [6.07, 6.45) is 1.08. The fraction of sp³-hybridized carbons (Fsp3) is 0.188. The summed E-state index contributed by atoms with van der Waals surface area (Å²) in [5.74, 6) is -0.635. The van der Waals surface area contributed by atoms with Gasteiger partial charge in [0.25, 0.3) is 0 Å². The average molecular weight is 588 g/mol. The minimum atomic E-state index is -0.997. The molecule has 1 spiro atoms. The van der Waals surface area contributed by atoms with Crippen LogP contribution >= 0.6 is 11.3 Å². The van der Waals surface area contributed by atoms with Crippen molar-refractivity contribution in [2.24, 2.45) is 5.92 Å². The number of ketones is 2. The van der Waals surface area contributed by atoms with Gasteiger partial charge in [0, 0.05) is 29.4 Å². The Balaban J connectivity index is 1.26. The summed E-state index contributed by atoms with van der Waals surface area (Å²) in [7, 11) is 0. The highest BCUT2D eigenvalue weighted by molar-refractivity contribution is 7.20. The van der Waals surface area contributed by atoms with E-state index < -0.39 is 11.5 Å². The molecule has 8 rings (SSSR count). The van der Waals surface area contributed by atoms with Crippen molar-refractivity contribution >= 4 is 33.1 Å². The first-order valence-electron chi connectivity index (χ1n) is 14.1. The largest absolute Gasteiger partial charge is 0.485 e. The van der Waals surface area contributed by atoms with E-state index >= 15 is 0 Å². The van der Waals surface area contributed by atoms with Crippen molar-refractivity contribution < 1.29 is 14.3 Å². The number of hydrogen-bond donors (Lipinski definition) is 2. The molecular formula is C32H25N7O3S. The van der Waals surface area contributed by atoms with E-state index in [1.807, 2.05) is 71.4 Å². The molecule has 2 N–H and O–H groups in total. The van der Waals surface area contributed by atoms with Crippen molar-refractivity contribution in [3.05, 3.63) is 95.4 Å². The van der Waals surface area contributed by atoms with Crippen LogP contribution in [0, 0.1) is 5.92 Å². The van der Waals surface area contributed by atoms with Crippen LogP contribution in [0.1, 0.15) is 32.9 Å². The molecule has 212 valence electrons. The summed E-state index contributed by atoms with van der Waals surface area (Å²) in [5, 5.41) is 23.4. The Morgan fingerprint density at radius 2 is 1.72 bits per heavy atom. The maximum atomic E-state index is 14.6. The number of H-pyrrole nitrogens is 1. The zero-order valence-electron chi connectivity index (χ0n) is 22.9. The van der Waals surface area contributed by atoms with Gasteiger partial charge in [0.15, 0.2) is 11.6 Å². The number of nitrogens with one attached hydrogen (secondary N) is 2. The van der Waals surface area contributed by atoms with Gasteiger partial charge in [-0.25, -0.2) is 4.68 Å². The number of Topliss-reactive ketones (excluding diaryl/α,β-unsaturated/α-hetero) is 2. The Morgan fingerprint density at radius 3 is 2.47 bits per heavy atom. The van der Waals surface area contributed by atoms with Crippen LogP contribution in [0.3, 0.4) is 0 Å². The summed E-state index contributed by atoms with van der Waals surface area (Å²) in [4.78, 5) is 30.3. The minimum absolute atomic E-state index is 0.234. The number of fused-ring (bicyclic) bond motifs is 2. The van der Waals surface area contributed by atoms with Gasteiger partial charge in [-0.05, 0) is 54.7 Å². The third kappa shape index (κ3) is 4.19. The smallest absolute Gasteiger partial charge is 0.204 e. The highest BCUT2D eigenvalue weighted by Gasteiger charge is 2.54. The van der Waals surface area contributed by atoms with Crippen molar-refractivity contribution in [1.82, 2.24) is 35.7 Å². The zero-order valence-corrected chi connectivity index (χ0v) is 23.7. The number of piperidine rings is 1. The summed E-state index contributed by atoms with van der Waals surface area (Å²) in [6.45, 7) is 1.31. The van der Waals surface area contributed by atoms with Crippen LogP contribution in [-0.2, 0) is 0 Å². The molecule has 43 heavy (non-hydrogen) atoms. The summed E-state index contributed by atoms with van der Waals surface area (Å²) >= 11 is 1.36. The van der Waals surface area contributed by atoms with E-state index in [1.165, 1.54) is 11.3 Å². The number of nitrogens with zero attached hydrogens (tertiary/aromatic N) is 5. The predicted octanol–water partition coefficient (Wildman–Crippen LogP) is 5.13. The van der Waals surface area contributed by atoms with Crippen molar-refractivity contribution in [3.8, 4) is 34.1 Å². The quantitative estimate of drug-likeness (QED) is 0.210. The number of carbonyl (C=O) groups is 2. The molecule has 11 heteroatoms. The van der Waals surface area contributed by atoms with Crippen LogP contribution in [0.15, 0.2) is 84.9 Å². The molecule has 2 aliphatic heterocycles. The summed E-state index contributed by atoms with van der Waals surface area (Å²) < 4.78 is 8.52. The third-order valence-electron chi connectivity index (χ3n) is 8.31. The minimum Gasteiger partial charge on any atom is -0.485 e. The molecule has 0 bridgehead atoms. The van der Waals surface area contributed by atoms with E-state index in [0.29, 0.717) is 53.5 Å². The van der Waals surface area contributed by atoms with Crippen molar-refractivity contribution in [1.29, 1.82) is 0 Å². The molecular weight excluding hydrogens is 562 g/mol. The average Bonchev–Trinajstić information content (AvgIpc) is 3.80. The SMILES string of the molecule is O=C(c1cc2c(-c3ccccc3)nn(-c3ccccc3)c2s1)C1C(=O)c2cc(-c3nn[nH]n3)ccc2OC12CCNCC2. The number of aromatic nitrogens is 6. The van der Waals surface area contributed by atoms with E-state index in [4.69, 9.17) is 9.84 Å². The topological polar surface area (TPSA) is 128 Å². The summed E-state index contributed by atoms with van der Waals surface area (Å²) in [6, 6.07) is 27.0. The number of tetrazole rings is 1. The van der Waals surface area contributed by atoms with Crippen LogP contribution in [-0.4, -0.2) is 60.7 Å². The fourth-order valence-electron chi connectivity index (χ4n) is 6.23. The van der Waals surface area contributed by atoms with E-state index in [2.05, 4.69) is 25.9 Å². The second-order valence-corrected chi connectivity index (χ2v) is 11.8. The number of carbonyl (C=O) groups excluding carboxylic acids is 2. The lowest BCUT2D eigenvalue weighted by atomic mass is 9.71. The van der Waals surface area contributed by atoms with Crippen molar-refractivity contribution in [2.45, 2.75) is 18.4 Å². The van der Waals surface area contributed by atoms with Gasteiger partial charge in [-0.2, -0.15) is 10.3 Å². The van der Waals surface area contributed by atoms with Crippen molar-refractivity contribution in [2.75, 3.05) is 13.1 Å². The van der Waals surface area contributed by atoms with E-state index in [1.54, 1.807) is 18.2 Å². The molecule has 3 aromatic heterocycles. The van der Waals surface area contributed by atoms with Gasteiger partial charge in [-0.15, -0.1) is 21.5 Å². The number of benzene rings is 3. The van der Waals surface area contributed by atoms with E-state index in [9.17, 15) is 9.59 Å². The zero-order chi connectivity index (χ0) is 29.0. The van der Waals surface area contributed by atoms with E-state index in [-0.39, 0.29) is 11.6 Å². The van der Waals surface area contributed by atoms with Gasteiger partial charge >= 0.3 is 0 Å². The number of rotatable bonds is 5. The molecule has 3 aromatic carbocycles. The second-order valence-electron chi connectivity index (χ2n) is 10.8. The molecule has 0 radical (unpaired) electrons. The fourth-order valence-corrected chi connectivity index (χ4v) is 7.33. The lowest BCUT2D eigenvalue weighted by Crippen LogP contribution is -2.58. The molecule has 1 saturated heterocycles. The maximum Gasteiger partial charge on any atom is 0.204 e. The van der Waals surface area contributed by atoms with Crippen LogP contribution in [0.2, 0.25) is 0 Å². The Morgan fingerprint density at radius 1 is 0.953 bits per heavy atom. The Hall–Kier alpha value is -5.00. The Bertz CT molecular complexity index is 1910. The molecule has 1 unspecified atom stereocenters. The molecule has 0 saturated carbocycles. The highest BCUT2D eigenvalue weighted by Crippen LogP contribution is 2.46. The first-order chi connectivity index (χ1) is 21.1. The lowest BCUT2D eigenvalue weighted by Gasteiger charge is -2.45. The molecule has 1 fully saturated rings. The molecule has 0 amide bonds. The molecule has 1 atom stereocenters. The number of ether oxygens (including phenoxy) is 1. The van der Waals surface area contributed by atoms with Crippen LogP contribution < -0.4 is 10.1 Å². The van der Waals surface area contributed by atoms with Gasteiger partial charge in [-0.3, -0.25) is 9.59 Å². The first-order valence-corrected chi connectivity index (χ1v) is 14.9. The standard InChI is InChI=1S/C32H25N7O3S/c40-28-22-17-20(30-34-37-38-35-30)11-12-24(22)42-32(13-15-33-16-14-32)26(28)29(41)25-18-23-27(19-7-3-1-4-8-19)36-39(31(23)43-25)21-9-5-2-6-10-21/h1-12,17-18,26,33H,13-16H2,(H,34,35,37,38). The van der Waals surface area contributed by atoms with Gasteiger partial charge in [-0.1, -0.05) is 48.5 Å². The van der Waals surface area contributed by atoms with Crippen molar-refractivity contribution in [3.63, 3.8) is 0 Å². The number of hydrogen-bond acceptors (Lipinski definition) is 9. The molecule has 10 nitrogen and oxygen atoms in total. The first kappa shape index (κ1) is 25.7. The van der Waals surface area contributed by atoms with E-state index in [0.717, 1.165) is 27.2 Å². The van der Waals surface area contributed by atoms with Gasteiger partial charge < -0.3 is 10.1 Å². The Labute approximate surface area is 249 Å². The third-order valence-corrected chi connectivity index (χ3v) is 9.44. The second kappa shape index (κ2) is 10.1. The molecule has 6 aromatic rings. The van der Waals surface area contributed by atoms with Crippen LogP contribution in [0.25, 0.3) is 38.5 Å². The number of para-hydroxylation sites is 1. The molecule has 5 heterocycles. The van der Waals surface area contributed by atoms with Gasteiger partial charge in [0.2, 0.25) is 5.82 Å². The highest BCUT2D eigenvalue weighted by atomic mass is 32.1. The summed E-state index contributed by atoms with van der Waals surface area (Å²) in [5.41, 5.74) is 2.66. The number of thiophene rings is 1. The monoisotopic (exact) mass is 587 g/mol. The Kier molecular flexibility index (Phi) is 6.02. The number of aromatic amines is 1. The lowest BCUT2D eigenvalue weighted by molar-refractivity contribution is -0.0136. The van der Waals surface area contributed by atoms with Gasteiger partial charge in [0.05, 0.1) is 16.1 Å². The predicted molar refractivity (Wildman–Crippen MR) is 162 cm³/mol. The molecule has 2 aliphatic rings. The van der Waals surface area contributed by atoms with Crippen LogP contribution in [0.5, 0.6) is 5.75 Å². The molecule has 0 aliphatic carbocycles. The van der Waals surface area contributed by atoms with Gasteiger partial charge in [0.1, 0.15) is 27.8 Å².